The van der Waals surface area contributed by atoms with E-state index in [9.17, 15) is 4.79 Å². The van der Waals surface area contributed by atoms with E-state index in [-0.39, 0.29) is 11.6 Å². The number of nitrogens with zero attached hydrogens (tertiary/aromatic N) is 4. The van der Waals surface area contributed by atoms with E-state index in [0.717, 1.165) is 0 Å². The first-order valence-corrected chi connectivity index (χ1v) is 6.16. The van der Waals surface area contributed by atoms with Crippen molar-refractivity contribution in [2.75, 3.05) is 14.2 Å². The van der Waals surface area contributed by atoms with Gasteiger partial charge in [0.25, 0.3) is 5.56 Å². The molecule has 0 bridgehead atoms. The van der Waals surface area contributed by atoms with Crippen molar-refractivity contribution in [3.05, 3.63) is 47.0 Å². The number of rotatable bonds is 3. The van der Waals surface area contributed by atoms with E-state index >= 15 is 0 Å². The number of benzene rings is 1. The van der Waals surface area contributed by atoms with Crippen molar-refractivity contribution in [3.63, 3.8) is 0 Å². The third-order valence-electron chi connectivity index (χ3n) is 2.99. The maximum Gasteiger partial charge on any atom is 0.318 e. The number of aromatic nitrogens is 4. The summed E-state index contributed by atoms with van der Waals surface area (Å²) in [5, 5.41) is 0. The van der Waals surface area contributed by atoms with Crippen LogP contribution in [0.1, 0.15) is 0 Å². The zero-order chi connectivity index (χ0) is 14.8. The molecule has 0 atom stereocenters. The molecule has 21 heavy (non-hydrogen) atoms. The first-order chi connectivity index (χ1) is 10.2. The van der Waals surface area contributed by atoms with Gasteiger partial charge in [-0.1, -0.05) is 0 Å². The SMILES string of the molecule is COc1ccc(-n2c(=O)cnc3cnc(OC)nc32)cc1. The highest BCUT2D eigenvalue weighted by molar-refractivity contribution is 5.71. The van der Waals surface area contributed by atoms with Crippen LogP contribution in [0, 0.1) is 0 Å². The van der Waals surface area contributed by atoms with Crippen LogP contribution in [-0.2, 0) is 0 Å². The number of hydrogen-bond acceptors (Lipinski definition) is 6. The lowest BCUT2D eigenvalue weighted by Gasteiger charge is -2.09. The molecule has 3 rings (SSSR count). The standard InChI is InChI=1S/C14H12N4O3/c1-20-10-5-3-9(4-6-10)18-12(19)8-15-11-7-16-14(21-2)17-13(11)18/h3-8H,1-2H3. The molecule has 0 aliphatic rings. The Morgan fingerprint density at radius 1 is 1.00 bits per heavy atom. The van der Waals surface area contributed by atoms with E-state index in [0.29, 0.717) is 22.6 Å². The topological polar surface area (TPSA) is 79.1 Å². The van der Waals surface area contributed by atoms with Gasteiger partial charge in [-0.2, -0.15) is 4.98 Å². The fourth-order valence-corrected chi connectivity index (χ4v) is 1.97. The van der Waals surface area contributed by atoms with Crippen molar-refractivity contribution in [1.82, 2.24) is 19.5 Å². The van der Waals surface area contributed by atoms with Gasteiger partial charge in [-0.25, -0.2) is 9.97 Å². The van der Waals surface area contributed by atoms with E-state index in [4.69, 9.17) is 9.47 Å². The Bertz CT molecular complexity index is 843. The molecule has 106 valence electrons. The minimum absolute atomic E-state index is 0.178. The second-order valence-corrected chi connectivity index (χ2v) is 4.20. The Morgan fingerprint density at radius 2 is 1.76 bits per heavy atom. The molecule has 0 saturated heterocycles. The molecule has 1 aromatic carbocycles. The van der Waals surface area contributed by atoms with Crippen molar-refractivity contribution in [2.45, 2.75) is 0 Å². The number of fused-ring (bicyclic) bond motifs is 1. The van der Waals surface area contributed by atoms with Gasteiger partial charge >= 0.3 is 6.01 Å². The number of hydrogen-bond donors (Lipinski definition) is 0. The normalized spacial score (nSPS) is 10.6. The molecule has 0 spiro atoms. The molecule has 0 amide bonds. The molecular formula is C14H12N4O3. The monoisotopic (exact) mass is 284 g/mol. The van der Waals surface area contributed by atoms with Gasteiger partial charge in [-0.3, -0.25) is 9.36 Å². The molecule has 2 aromatic heterocycles. The lowest BCUT2D eigenvalue weighted by molar-refractivity contribution is 0.381. The Hall–Kier alpha value is -2.96. The summed E-state index contributed by atoms with van der Waals surface area (Å²) in [5.41, 5.74) is 1.27. The second kappa shape index (κ2) is 5.20. The Balaban J connectivity index is 2.28. The van der Waals surface area contributed by atoms with Crippen LogP contribution in [0.15, 0.2) is 41.5 Å². The van der Waals surface area contributed by atoms with Crippen molar-refractivity contribution in [3.8, 4) is 17.4 Å². The van der Waals surface area contributed by atoms with Crippen LogP contribution < -0.4 is 15.0 Å². The highest BCUT2D eigenvalue weighted by atomic mass is 16.5. The Kier molecular flexibility index (Phi) is 3.23. The van der Waals surface area contributed by atoms with E-state index < -0.39 is 0 Å². The molecule has 0 unspecified atom stereocenters. The van der Waals surface area contributed by atoms with Crippen LogP contribution in [0.5, 0.6) is 11.8 Å². The summed E-state index contributed by atoms with van der Waals surface area (Å²) in [6.07, 6.45) is 2.75. The van der Waals surface area contributed by atoms with E-state index in [1.807, 2.05) is 0 Å². The Labute approximate surface area is 119 Å². The predicted octanol–water partition coefficient (Wildman–Crippen LogP) is 1.19. The van der Waals surface area contributed by atoms with Crippen LogP contribution in [0.25, 0.3) is 16.9 Å². The molecule has 7 nitrogen and oxygen atoms in total. The first kappa shape index (κ1) is 13.0. The third-order valence-corrected chi connectivity index (χ3v) is 2.99. The molecule has 3 aromatic rings. The zero-order valence-electron chi connectivity index (χ0n) is 11.5. The van der Waals surface area contributed by atoms with Crippen LogP contribution in [-0.4, -0.2) is 33.7 Å². The number of ether oxygens (including phenoxy) is 2. The quantitative estimate of drug-likeness (QED) is 0.719. The van der Waals surface area contributed by atoms with Crippen LogP contribution in [0.3, 0.4) is 0 Å². The van der Waals surface area contributed by atoms with Crippen LogP contribution in [0.4, 0.5) is 0 Å². The third kappa shape index (κ3) is 2.29. The molecule has 0 aliphatic carbocycles. The number of methoxy groups -OCH3 is 2. The molecule has 7 heteroatoms. The summed E-state index contributed by atoms with van der Waals surface area (Å²) in [4.78, 5) is 24.4. The molecule has 2 heterocycles. The summed E-state index contributed by atoms with van der Waals surface area (Å²) < 4.78 is 11.6. The zero-order valence-corrected chi connectivity index (χ0v) is 11.5. The molecule has 0 saturated carbocycles. The van der Waals surface area contributed by atoms with Crippen molar-refractivity contribution >= 4 is 11.2 Å². The minimum atomic E-state index is -0.284. The maximum absolute atomic E-state index is 12.2. The van der Waals surface area contributed by atoms with E-state index in [1.54, 1.807) is 31.4 Å². The van der Waals surface area contributed by atoms with Crippen LogP contribution in [0.2, 0.25) is 0 Å². The van der Waals surface area contributed by atoms with E-state index in [1.165, 1.54) is 24.1 Å². The van der Waals surface area contributed by atoms with Crippen molar-refractivity contribution in [1.29, 1.82) is 0 Å². The van der Waals surface area contributed by atoms with Gasteiger partial charge in [0, 0.05) is 0 Å². The predicted molar refractivity (Wildman–Crippen MR) is 76.0 cm³/mol. The highest BCUT2D eigenvalue weighted by Gasteiger charge is 2.10. The van der Waals surface area contributed by atoms with Gasteiger partial charge < -0.3 is 9.47 Å². The van der Waals surface area contributed by atoms with Gasteiger partial charge in [-0.15, -0.1) is 0 Å². The lowest BCUT2D eigenvalue weighted by atomic mass is 10.3. The average molecular weight is 284 g/mol. The largest absolute Gasteiger partial charge is 0.497 e. The lowest BCUT2D eigenvalue weighted by Crippen LogP contribution is -2.19. The second-order valence-electron chi connectivity index (χ2n) is 4.20. The minimum Gasteiger partial charge on any atom is -0.497 e. The summed E-state index contributed by atoms with van der Waals surface area (Å²) >= 11 is 0. The fraction of sp³-hybridized carbons (Fsp3) is 0.143. The summed E-state index contributed by atoms with van der Waals surface area (Å²) in [5.74, 6) is 0.706. The molecule has 0 N–H and O–H groups in total. The van der Waals surface area contributed by atoms with Gasteiger partial charge in [0.15, 0.2) is 5.65 Å². The van der Waals surface area contributed by atoms with Gasteiger partial charge in [0.1, 0.15) is 11.3 Å². The van der Waals surface area contributed by atoms with Crippen molar-refractivity contribution in [2.24, 2.45) is 0 Å². The summed E-state index contributed by atoms with van der Waals surface area (Å²) in [7, 11) is 3.05. The maximum atomic E-state index is 12.2. The fourth-order valence-electron chi connectivity index (χ4n) is 1.97. The van der Waals surface area contributed by atoms with Crippen LogP contribution >= 0.6 is 0 Å². The Morgan fingerprint density at radius 3 is 2.43 bits per heavy atom. The molecule has 0 radical (unpaired) electrons. The smallest absolute Gasteiger partial charge is 0.318 e. The molecule has 0 fully saturated rings. The first-order valence-electron chi connectivity index (χ1n) is 6.16. The van der Waals surface area contributed by atoms with Gasteiger partial charge in [0.05, 0.1) is 32.3 Å². The summed E-state index contributed by atoms with van der Waals surface area (Å²) in [6.45, 7) is 0. The molecule has 0 aliphatic heterocycles. The van der Waals surface area contributed by atoms with E-state index in [2.05, 4.69) is 15.0 Å². The summed E-state index contributed by atoms with van der Waals surface area (Å²) in [6, 6.07) is 7.26. The highest BCUT2D eigenvalue weighted by Crippen LogP contribution is 2.17. The van der Waals surface area contributed by atoms with Gasteiger partial charge in [-0.05, 0) is 24.3 Å². The molecular weight excluding hydrogens is 272 g/mol. The van der Waals surface area contributed by atoms with Gasteiger partial charge in [0.2, 0.25) is 0 Å². The average Bonchev–Trinajstić information content (AvgIpc) is 2.54. The van der Waals surface area contributed by atoms with Crippen molar-refractivity contribution < 1.29 is 9.47 Å².